The fourth-order valence-corrected chi connectivity index (χ4v) is 3.43. The molecule has 0 fully saturated rings. The first kappa shape index (κ1) is 20.3. The van der Waals surface area contributed by atoms with Gasteiger partial charge in [-0.2, -0.15) is 0 Å². The molecule has 3 N–H and O–H groups in total. The van der Waals surface area contributed by atoms with Gasteiger partial charge >= 0.3 is 6.03 Å². The largest absolute Gasteiger partial charge is 0.337 e. The van der Waals surface area contributed by atoms with Gasteiger partial charge in [0.1, 0.15) is 0 Å². The summed E-state index contributed by atoms with van der Waals surface area (Å²) in [7, 11) is 0. The number of aromatic nitrogens is 2. The lowest BCUT2D eigenvalue weighted by atomic mass is 10.1. The van der Waals surface area contributed by atoms with Crippen LogP contribution in [0.15, 0.2) is 65.8 Å². The molecule has 8 heteroatoms. The minimum atomic E-state index is -0.522. The average molecular weight is 407 g/mol. The SMILES string of the molecule is Cc1cc(C)nc(SCc2ccc(C(=O)NNC(=O)Nc3ccccc3)cc2)n1. The van der Waals surface area contributed by atoms with Crippen LogP contribution in [0.5, 0.6) is 0 Å². The highest BCUT2D eigenvalue weighted by molar-refractivity contribution is 7.98. The fraction of sp³-hybridized carbons (Fsp3) is 0.143. The van der Waals surface area contributed by atoms with E-state index in [0.717, 1.165) is 22.1 Å². The molecule has 0 saturated carbocycles. The van der Waals surface area contributed by atoms with Crippen molar-refractivity contribution in [3.8, 4) is 0 Å². The standard InChI is InChI=1S/C21H21N5O2S/c1-14-12-15(2)23-21(22-14)29-13-16-8-10-17(11-9-16)19(27)25-26-20(28)24-18-6-4-3-5-7-18/h3-12H,13H2,1-2H3,(H,25,27)(H2,24,26,28). The van der Waals surface area contributed by atoms with Gasteiger partial charge in [0.05, 0.1) is 0 Å². The van der Waals surface area contributed by atoms with Gasteiger partial charge in [0.25, 0.3) is 5.91 Å². The second-order valence-electron chi connectivity index (χ2n) is 6.32. The highest BCUT2D eigenvalue weighted by Crippen LogP contribution is 2.20. The molecule has 148 valence electrons. The molecule has 0 aliphatic heterocycles. The van der Waals surface area contributed by atoms with Crippen LogP contribution in [0, 0.1) is 13.8 Å². The summed E-state index contributed by atoms with van der Waals surface area (Å²) in [5.74, 6) is 0.299. The Bertz CT molecular complexity index is 973. The van der Waals surface area contributed by atoms with Gasteiger partial charge in [-0.05, 0) is 49.7 Å². The van der Waals surface area contributed by atoms with Gasteiger partial charge in [-0.1, -0.05) is 42.1 Å². The van der Waals surface area contributed by atoms with Crippen LogP contribution in [0.2, 0.25) is 0 Å². The minimum Gasteiger partial charge on any atom is -0.307 e. The van der Waals surface area contributed by atoms with E-state index in [2.05, 4.69) is 26.1 Å². The van der Waals surface area contributed by atoms with Crippen molar-refractivity contribution in [2.45, 2.75) is 24.8 Å². The van der Waals surface area contributed by atoms with E-state index >= 15 is 0 Å². The highest BCUT2D eigenvalue weighted by Gasteiger charge is 2.08. The van der Waals surface area contributed by atoms with Crippen molar-refractivity contribution < 1.29 is 9.59 Å². The number of para-hydroxylation sites is 1. The van der Waals surface area contributed by atoms with Crippen molar-refractivity contribution in [1.82, 2.24) is 20.8 Å². The molecule has 3 amide bonds. The first-order valence-electron chi connectivity index (χ1n) is 8.96. The van der Waals surface area contributed by atoms with Crippen LogP contribution in [0.25, 0.3) is 0 Å². The third-order valence-electron chi connectivity index (χ3n) is 3.87. The minimum absolute atomic E-state index is 0.398. The predicted molar refractivity (Wildman–Crippen MR) is 114 cm³/mol. The Morgan fingerprint density at radius 2 is 1.55 bits per heavy atom. The van der Waals surface area contributed by atoms with Crippen molar-refractivity contribution in [2.75, 3.05) is 5.32 Å². The number of rotatable bonds is 5. The van der Waals surface area contributed by atoms with Crippen LogP contribution < -0.4 is 16.2 Å². The maximum absolute atomic E-state index is 12.2. The molecule has 0 atom stereocenters. The molecular formula is C21H21N5O2S. The summed E-state index contributed by atoms with van der Waals surface area (Å²) < 4.78 is 0. The van der Waals surface area contributed by atoms with Crippen LogP contribution >= 0.6 is 11.8 Å². The zero-order valence-corrected chi connectivity index (χ0v) is 16.9. The van der Waals surface area contributed by atoms with Gasteiger partial charge in [0.2, 0.25) is 0 Å². The molecule has 1 heterocycles. The summed E-state index contributed by atoms with van der Waals surface area (Å²) in [5.41, 5.74) is 8.72. The summed E-state index contributed by atoms with van der Waals surface area (Å²) in [5, 5.41) is 3.35. The van der Waals surface area contributed by atoms with Crippen molar-refractivity contribution in [3.05, 3.63) is 83.2 Å². The molecule has 0 aliphatic rings. The van der Waals surface area contributed by atoms with E-state index < -0.39 is 11.9 Å². The molecule has 0 spiro atoms. The maximum Gasteiger partial charge on any atom is 0.337 e. The number of hydrogen-bond donors (Lipinski definition) is 3. The zero-order valence-electron chi connectivity index (χ0n) is 16.1. The number of anilines is 1. The first-order valence-corrected chi connectivity index (χ1v) is 9.94. The number of aryl methyl sites for hydroxylation is 2. The van der Waals surface area contributed by atoms with E-state index in [1.54, 1.807) is 48.2 Å². The lowest BCUT2D eigenvalue weighted by Gasteiger charge is -2.09. The molecule has 1 aromatic heterocycles. The van der Waals surface area contributed by atoms with Crippen molar-refractivity contribution in [3.63, 3.8) is 0 Å². The summed E-state index contributed by atoms with van der Waals surface area (Å²) >= 11 is 1.54. The average Bonchev–Trinajstić information content (AvgIpc) is 2.71. The van der Waals surface area contributed by atoms with Gasteiger partial charge < -0.3 is 5.32 Å². The lowest BCUT2D eigenvalue weighted by molar-refractivity contribution is 0.0938. The third kappa shape index (κ3) is 6.32. The topological polar surface area (TPSA) is 96.0 Å². The third-order valence-corrected chi connectivity index (χ3v) is 4.79. The maximum atomic E-state index is 12.2. The predicted octanol–water partition coefficient (Wildman–Crippen LogP) is 3.85. The summed E-state index contributed by atoms with van der Waals surface area (Å²) in [4.78, 5) is 32.8. The number of hydrazine groups is 1. The zero-order chi connectivity index (χ0) is 20.6. The highest BCUT2D eigenvalue weighted by atomic mass is 32.2. The number of urea groups is 1. The van der Waals surface area contributed by atoms with Gasteiger partial charge in [-0.25, -0.2) is 20.2 Å². The number of benzene rings is 2. The number of amides is 3. The van der Waals surface area contributed by atoms with Gasteiger partial charge in [0, 0.05) is 28.4 Å². The second kappa shape index (κ2) is 9.70. The summed E-state index contributed by atoms with van der Waals surface area (Å²) in [6, 6.07) is 17.5. The fourth-order valence-electron chi connectivity index (χ4n) is 2.53. The van der Waals surface area contributed by atoms with Gasteiger partial charge in [-0.15, -0.1) is 0 Å². The van der Waals surface area contributed by atoms with Gasteiger partial charge in [-0.3, -0.25) is 10.2 Å². The van der Waals surface area contributed by atoms with Crippen LogP contribution in [-0.2, 0) is 5.75 Å². The molecule has 0 unspecified atom stereocenters. The molecule has 3 rings (SSSR count). The Labute approximate surface area is 173 Å². The smallest absolute Gasteiger partial charge is 0.307 e. The Morgan fingerprint density at radius 3 is 2.21 bits per heavy atom. The van der Waals surface area contributed by atoms with Crippen LogP contribution in [0.1, 0.15) is 27.3 Å². The number of carbonyl (C=O) groups is 2. The van der Waals surface area contributed by atoms with E-state index in [0.29, 0.717) is 17.0 Å². The number of carbonyl (C=O) groups excluding carboxylic acids is 2. The quantitative estimate of drug-likeness (QED) is 0.339. The van der Waals surface area contributed by atoms with Crippen molar-refractivity contribution in [2.24, 2.45) is 0 Å². The molecule has 0 saturated heterocycles. The van der Waals surface area contributed by atoms with E-state index in [-0.39, 0.29) is 0 Å². The van der Waals surface area contributed by atoms with Crippen molar-refractivity contribution in [1.29, 1.82) is 0 Å². The van der Waals surface area contributed by atoms with Crippen LogP contribution in [0.3, 0.4) is 0 Å². The van der Waals surface area contributed by atoms with E-state index in [1.807, 2.05) is 38.1 Å². The Morgan fingerprint density at radius 1 is 0.897 bits per heavy atom. The molecule has 0 bridgehead atoms. The molecule has 29 heavy (non-hydrogen) atoms. The number of hydrogen-bond acceptors (Lipinski definition) is 5. The Hall–Kier alpha value is -3.39. The number of nitrogens with zero attached hydrogens (tertiary/aromatic N) is 2. The number of thioether (sulfide) groups is 1. The van der Waals surface area contributed by atoms with Crippen molar-refractivity contribution >= 4 is 29.4 Å². The van der Waals surface area contributed by atoms with E-state index in [1.165, 1.54) is 0 Å². The molecule has 0 radical (unpaired) electrons. The second-order valence-corrected chi connectivity index (χ2v) is 7.26. The van der Waals surface area contributed by atoms with Gasteiger partial charge in [0.15, 0.2) is 5.16 Å². The Kier molecular flexibility index (Phi) is 6.80. The molecule has 7 nitrogen and oxygen atoms in total. The lowest BCUT2D eigenvalue weighted by Crippen LogP contribution is -2.43. The summed E-state index contributed by atoms with van der Waals surface area (Å²) in [6.07, 6.45) is 0. The molecule has 2 aromatic carbocycles. The van der Waals surface area contributed by atoms with E-state index in [9.17, 15) is 9.59 Å². The molecular weight excluding hydrogens is 386 g/mol. The normalized spacial score (nSPS) is 10.3. The van der Waals surface area contributed by atoms with Crippen LogP contribution in [0.4, 0.5) is 10.5 Å². The van der Waals surface area contributed by atoms with Crippen LogP contribution in [-0.4, -0.2) is 21.9 Å². The summed E-state index contributed by atoms with van der Waals surface area (Å²) in [6.45, 7) is 3.89. The molecule has 0 aliphatic carbocycles. The monoisotopic (exact) mass is 407 g/mol. The van der Waals surface area contributed by atoms with E-state index in [4.69, 9.17) is 0 Å². The first-order chi connectivity index (χ1) is 14.0. The Balaban J connectivity index is 1.48. The molecule has 3 aromatic rings. The number of nitrogens with one attached hydrogen (secondary N) is 3.